The van der Waals surface area contributed by atoms with Crippen LogP contribution in [0.15, 0.2) is 16.8 Å². The van der Waals surface area contributed by atoms with Gasteiger partial charge in [0.1, 0.15) is 0 Å². The van der Waals surface area contributed by atoms with Crippen LogP contribution in [0.3, 0.4) is 0 Å². The molecule has 0 saturated carbocycles. The zero-order valence-electron chi connectivity index (χ0n) is 8.59. The Bertz CT molecular complexity index is 336. The van der Waals surface area contributed by atoms with E-state index in [2.05, 4.69) is 10.1 Å². The second-order valence-corrected chi connectivity index (χ2v) is 4.09. The highest BCUT2D eigenvalue weighted by Gasteiger charge is 2.34. The van der Waals surface area contributed by atoms with Crippen LogP contribution in [0.1, 0.15) is 12.7 Å². The molecule has 1 aromatic heterocycles. The van der Waals surface area contributed by atoms with Crippen LogP contribution in [-0.2, 0) is 11.3 Å². The Morgan fingerprint density at radius 1 is 1.73 bits per heavy atom. The molecular formula is C10H14N2O3. The fourth-order valence-electron chi connectivity index (χ4n) is 2.06. The smallest absolute Gasteiger partial charge is 0.308 e. The molecule has 1 aliphatic rings. The van der Waals surface area contributed by atoms with E-state index in [1.165, 1.54) is 0 Å². The van der Waals surface area contributed by atoms with E-state index >= 15 is 0 Å². The van der Waals surface area contributed by atoms with Crippen molar-refractivity contribution in [1.82, 2.24) is 10.1 Å². The molecule has 5 heteroatoms. The minimum absolute atomic E-state index is 0.199. The largest absolute Gasteiger partial charge is 0.481 e. The van der Waals surface area contributed by atoms with Crippen molar-refractivity contribution in [2.24, 2.45) is 11.8 Å². The summed E-state index contributed by atoms with van der Waals surface area (Å²) in [4.78, 5) is 13.0. The van der Waals surface area contributed by atoms with E-state index in [9.17, 15) is 4.79 Å². The van der Waals surface area contributed by atoms with Crippen molar-refractivity contribution in [1.29, 1.82) is 0 Å². The SMILES string of the molecule is C[C@@H]1CN(Cc2ccno2)C[C@H]1C(=O)O. The molecule has 1 aromatic rings. The third-order valence-electron chi connectivity index (χ3n) is 2.88. The number of carboxylic acid groups (broad SMARTS) is 1. The van der Waals surface area contributed by atoms with Gasteiger partial charge < -0.3 is 9.63 Å². The third-order valence-corrected chi connectivity index (χ3v) is 2.88. The molecule has 2 heterocycles. The lowest BCUT2D eigenvalue weighted by molar-refractivity contribution is -0.142. The number of aromatic nitrogens is 1. The first kappa shape index (κ1) is 10.2. The van der Waals surface area contributed by atoms with Gasteiger partial charge >= 0.3 is 5.97 Å². The molecular weight excluding hydrogens is 196 g/mol. The van der Waals surface area contributed by atoms with E-state index in [0.29, 0.717) is 13.1 Å². The van der Waals surface area contributed by atoms with Crippen molar-refractivity contribution in [2.75, 3.05) is 13.1 Å². The zero-order chi connectivity index (χ0) is 10.8. The maximum atomic E-state index is 10.9. The highest BCUT2D eigenvalue weighted by atomic mass is 16.5. The molecule has 2 rings (SSSR count). The predicted octanol–water partition coefficient (Wildman–Crippen LogP) is 0.827. The van der Waals surface area contributed by atoms with Crippen molar-refractivity contribution in [3.05, 3.63) is 18.0 Å². The zero-order valence-corrected chi connectivity index (χ0v) is 8.59. The third kappa shape index (κ3) is 2.18. The minimum atomic E-state index is -0.706. The Kier molecular flexibility index (Phi) is 2.73. The van der Waals surface area contributed by atoms with Gasteiger partial charge in [-0.05, 0) is 5.92 Å². The lowest BCUT2D eigenvalue weighted by Gasteiger charge is -2.12. The molecule has 0 bridgehead atoms. The standard InChI is InChI=1S/C10H14N2O3/c1-7-4-12(6-9(7)10(13)14)5-8-2-3-11-15-8/h2-3,7,9H,4-6H2,1H3,(H,13,14)/t7-,9-/m1/s1. The second kappa shape index (κ2) is 4.02. The summed E-state index contributed by atoms with van der Waals surface area (Å²) < 4.78 is 4.99. The summed E-state index contributed by atoms with van der Waals surface area (Å²) in [5.74, 6) is 0.0224. The highest BCUT2D eigenvalue weighted by Crippen LogP contribution is 2.24. The summed E-state index contributed by atoms with van der Waals surface area (Å²) in [6, 6.07) is 1.80. The molecule has 0 unspecified atom stereocenters. The number of nitrogens with zero attached hydrogens (tertiary/aromatic N) is 2. The monoisotopic (exact) mass is 210 g/mol. The molecule has 0 aromatic carbocycles. The van der Waals surface area contributed by atoms with Gasteiger partial charge in [-0.3, -0.25) is 9.69 Å². The summed E-state index contributed by atoms with van der Waals surface area (Å²) in [5, 5.41) is 12.6. The van der Waals surface area contributed by atoms with Crippen LogP contribution >= 0.6 is 0 Å². The Morgan fingerprint density at radius 2 is 2.53 bits per heavy atom. The topological polar surface area (TPSA) is 66.6 Å². The quantitative estimate of drug-likeness (QED) is 0.800. The average Bonchev–Trinajstić information content (AvgIpc) is 2.75. The predicted molar refractivity (Wildman–Crippen MR) is 52.1 cm³/mol. The maximum Gasteiger partial charge on any atom is 0.308 e. The van der Waals surface area contributed by atoms with Crippen LogP contribution in [0.5, 0.6) is 0 Å². The normalized spacial score (nSPS) is 27.0. The lowest BCUT2D eigenvalue weighted by atomic mass is 9.99. The Morgan fingerprint density at radius 3 is 3.07 bits per heavy atom. The van der Waals surface area contributed by atoms with Crippen LogP contribution in [-0.4, -0.2) is 34.2 Å². The summed E-state index contributed by atoms with van der Waals surface area (Å²) >= 11 is 0. The molecule has 1 N–H and O–H groups in total. The number of likely N-dealkylation sites (tertiary alicyclic amines) is 1. The number of carboxylic acids is 1. The summed E-state index contributed by atoms with van der Waals surface area (Å²) in [7, 11) is 0. The van der Waals surface area contributed by atoms with E-state index in [-0.39, 0.29) is 11.8 Å². The fraction of sp³-hybridized carbons (Fsp3) is 0.600. The first-order valence-electron chi connectivity index (χ1n) is 5.01. The first-order valence-corrected chi connectivity index (χ1v) is 5.01. The van der Waals surface area contributed by atoms with Gasteiger partial charge in [0.25, 0.3) is 0 Å². The molecule has 1 fully saturated rings. The number of carbonyl (C=O) groups is 1. The van der Waals surface area contributed by atoms with Crippen LogP contribution in [0.4, 0.5) is 0 Å². The summed E-state index contributed by atoms with van der Waals surface area (Å²) in [6.07, 6.45) is 1.60. The molecule has 1 saturated heterocycles. The molecule has 82 valence electrons. The van der Waals surface area contributed by atoms with Gasteiger partial charge in [-0.25, -0.2) is 0 Å². The second-order valence-electron chi connectivity index (χ2n) is 4.09. The molecule has 0 amide bonds. The lowest BCUT2D eigenvalue weighted by Crippen LogP contribution is -2.22. The molecule has 15 heavy (non-hydrogen) atoms. The van der Waals surface area contributed by atoms with Gasteiger partial charge in [-0.15, -0.1) is 0 Å². The van der Waals surface area contributed by atoms with Gasteiger partial charge in [0.2, 0.25) is 0 Å². The molecule has 2 atom stereocenters. The first-order chi connectivity index (χ1) is 7.16. The molecule has 0 aliphatic carbocycles. The molecule has 5 nitrogen and oxygen atoms in total. The van der Waals surface area contributed by atoms with Crippen molar-refractivity contribution in [3.63, 3.8) is 0 Å². The van der Waals surface area contributed by atoms with Crippen molar-refractivity contribution in [3.8, 4) is 0 Å². The van der Waals surface area contributed by atoms with Gasteiger partial charge in [0, 0.05) is 19.2 Å². The number of rotatable bonds is 3. The average molecular weight is 210 g/mol. The van der Waals surface area contributed by atoms with Gasteiger partial charge in [0.15, 0.2) is 5.76 Å². The van der Waals surface area contributed by atoms with E-state index in [0.717, 1.165) is 12.3 Å². The van der Waals surface area contributed by atoms with Gasteiger partial charge in [-0.2, -0.15) is 0 Å². The van der Waals surface area contributed by atoms with Crippen LogP contribution in [0.25, 0.3) is 0 Å². The minimum Gasteiger partial charge on any atom is -0.481 e. The fourth-order valence-corrected chi connectivity index (χ4v) is 2.06. The van der Waals surface area contributed by atoms with E-state index < -0.39 is 5.97 Å². The van der Waals surface area contributed by atoms with Crippen LogP contribution < -0.4 is 0 Å². The van der Waals surface area contributed by atoms with Crippen LogP contribution in [0.2, 0.25) is 0 Å². The Hall–Kier alpha value is -1.36. The summed E-state index contributed by atoms with van der Waals surface area (Å²) in [6.45, 7) is 4.02. The van der Waals surface area contributed by atoms with Crippen molar-refractivity contribution < 1.29 is 14.4 Å². The number of hydrogen-bond donors (Lipinski definition) is 1. The molecule has 0 radical (unpaired) electrons. The molecule has 0 spiro atoms. The van der Waals surface area contributed by atoms with E-state index in [1.54, 1.807) is 12.3 Å². The highest BCUT2D eigenvalue weighted by molar-refractivity contribution is 5.71. The van der Waals surface area contributed by atoms with Crippen molar-refractivity contribution in [2.45, 2.75) is 13.5 Å². The van der Waals surface area contributed by atoms with Gasteiger partial charge in [-0.1, -0.05) is 12.1 Å². The number of aliphatic carboxylic acids is 1. The van der Waals surface area contributed by atoms with Crippen LogP contribution in [0, 0.1) is 11.8 Å². The maximum absolute atomic E-state index is 10.9. The summed E-state index contributed by atoms with van der Waals surface area (Å²) in [5.41, 5.74) is 0. The van der Waals surface area contributed by atoms with Crippen molar-refractivity contribution >= 4 is 5.97 Å². The van der Waals surface area contributed by atoms with E-state index in [1.807, 2.05) is 6.92 Å². The Balaban J connectivity index is 1.94. The number of hydrogen-bond acceptors (Lipinski definition) is 4. The Labute approximate surface area is 87.7 Å². The van der Waals surface area contributed by atoms with E-state index in [4.69, 9.17) is 9.63 Å². The van der Waals surface area contributed by atoms with Gasteiger partial charge in [0.05, 0.1) is 18.7 Å². The molecule has 1 aliphatic heterocycles.